The van der Waals surface area contributed by atoms with E-state index in [0.29, 0.717) is 19.6 Å². The van der Waals surface area contributed by atoms with Crippen LogP contribution in [-0.2, 0) is 17.7 Å². The van der Waals surface area contributed by atoms with E-state index in [2.05, 4.69) is 27.8 Å². The van der Waals surface area contributed by atoms with Gasteiger partial charge in [-0.15, -0.1) is 0 Å². The molecular weight excluding hydrogens is 393 g/mol. The van der Waals surface area contributed by atoms with E-state index in [4.69, 9.17) is 14.5 Å². The molecule has 0 aliphatic carbocycles. The fourth-order valence-corrected chi connectivity index (χ4v) is 4.21. The van der Waals surface area contributed by atoms with Gasteiger partial charge in [0.15, 0.2) is 0 Å². The van der Waals surface area contributed by atoms with E-state index >= 15 is 0 Å². The standard InChI is InChI=1S/C25H30FN3O2/c1-15(2)31-23-7-6-19(10-16(23)3)25-28-24(20-11-17(4)27-18(5)12-20)22-8-9-30-21(13-26)14-29(22)25/h6-7,10-12,15,21H,8-9,13-14H2,1-5H3/t21-/m1/s1. The van der Waals surface area contributed by atoms with E-state index < -0.39 is 12.8 Å². The van der Waals surface area contributed by atoms with Crippen LogP contribution >= 0.6 is 0 Å². The number of rotatable bonds is 5. The van der Waals surface area contributed by atoms with Crippen LogP contribution in [0.25, 0.3) is 22.6 Å². The maximum absolute atomic E-state index is 13.6. The fraction of sp³-hybridized carbons (Fsp3) is 0.440. The second-order valence-corrected chi connectivity index (χ2v) is 8.52. The molecule has 4 rings (SSSR count). The van der Waals surface area contributed by atoms with E-state index in [0.717, 1.165) is 51.0 Å². The Hall–Kier alpha value is -2.73. The number of benzene rings is 1. The van der Waals surface area contributed by atoms with Crippen LogP contribution in [0.15, 0.2) is 30.3 Å². The number of imidazole rings is 1. The summed E-state index contributed by atoms with van der Waals surface area (Å²) in [6.07, 6.45) is 0.333. The monoisotopic (exact) mass is 423 g/mol. The third-order valence-corrected chi connectivity index (χ3v) is 5.47. The van der Waals surface area contributed by atoms with Crippen LogP contribution in [0, 0.1) is 20.8 Å². The van der Waals surface area contributed by atoms with Gasteiger partial charge >= 0.3 is 0 Å². The van der Waals surface area contributed by atoms with Crippen molar-refractivity contribution in [3.05, 3.63) is 53.0 Å². The van der Waals surface area contributed by atoms with E-state index in [9.17, 15) is 4.39 Å². The molecule has 164 valence electrons. The smallest absolute Gasteiger partial charge is 0.140 e. The highest BCUT2D eigenvalue weighted by Gasteiger charge is 2.26. The highest BCUT2D eigenvalue weighted by Crippen LogP contribution is 2.34. The molecule has 1 aliphatic rings. The number of pyridine rings is 1. The molecule has 0 fully saturated rings. The Bertz CT molecular complexity index is 1070. The Morgan fingerprint density at radius 1 is 1.10 bits per heavy atom. The van der Waals surface area contributed by atoms with Crippen LogP contribution in [0.5, 0.6) is 5.75 Å². The Balaban J connectivity index is 1.86. The normalized spacial score (nSPS) is 16.3. The van der Waals surface area contributed by atoms with Gasteiger partial charge < -0.3 is 14.0 Å². The molecule has 0 saturated carbocycles. The molecular formula is C25H30FN3O2. The summed E-state index contributed by atoms with van der Waals surface area (Å²) in [6, 6.07) is 10.2. The summed E-state index contributed by atoms with van der Waals surface area (Å²) >= 11 is 0. The van der Waals surface area contributed by atoms with Crippen molar-refractivity contribution in [1.29, 1.82) is 0 Å². The predicted octanol–water partition coefficient (Wildman–Crippen LogP) is 5.24. The van der Waals surface area contributed by atoms with Crippen LogP contribution < -0.4 is 4.74 Å². The van der Waals surface area contributed by atoms with Crippen LogP contribution in [0.2, 0.25) is 0 Å². The van der Waals surface area contributed by atoms with Gasteiger partial charge in [-0.25, -0.2) is 9.37 Å². The number of hydrogen-bond acceptors (Lipinski definition) is 4. The van der Waals surface area contributed by atoms with Gasteiger partial charge in [0.05, 0.1) is 24.9 Å². The molecule has 5 nitrogen and oxygen atoms in total. The van der Waals surface area contributed by atoms with Crippen LogP contribution in [0.4, 0.5) is 4.39 Å². The first-order chi connectivity index (χ1) is 14.9. The van der Waals surface area contributed by atoms with Crippen molar-refractivity contribution in [2.24, 2.45) is 0 Å². The first kappa shape index (κ1) is 21.5. The summed E-state index contributed by atoms with van der Waals surface area (Å²) in [7, 11) is 0. The van der Waals surface area contributed by atoms with Gasteiger partial charge in [0.1, 0.15) is 24.4 Å². The van der Waals surface area contributed by atoms with Gasteiger partial charge in [-0.2, -0.15) is 0 Å². The Morgan fingerprint density at radius 3 is 2.48 bits per heavy atom. The minimum absolute atomic E-state index is 0.111. The van der Waals surface area contributed by atoms with Gasteiger partial charge in [0.2, 0.25) is 0 Å². The average molecular weight is 424 g/mol. The van der Waals surface area contributed by atoms with Crippen molar-refractivity contribution in [3.8, 4) is 28.4 Å². The molecule has 0 radical (unpaired) electrons. The van der Waals surface area contributed by atoms with Crippen LogP contribution in [0.3, 0.4) is 0 Å². The maximum Gasteiger partial charge on any atom is 0.140 e. The molecule has 1 atom stereocenters. The van der Waals surface area contributed by atoms with Crippen molar-refractivity contribution in [1.82, 2.24) is 14.5 Å². The van der Waals surface area contributed by atoms with Gasteiger partial charge in [-0.3, -0.25) is 4.98 Å². The van der Waals surface area contributed by atoms with Crippen LogP contribution in [0.1, 0.15) is 36.5 Å². The summed E-state index contributed by atoms with van der Waals surface area (Å²) < 4.78 is 27.4. The van der Waals surface area contributed by atoms with Crippen molar-refractivity contribution in [3.63, 3.8) is 0 Å². The zero-order valence-electron chi connectivity index (χ0n) is 18.9. The molecule has 0 bridgehead atoms. The van der Waals surface area contributed by atoms with Crippen LogP contribution in [-0.4, -0.2) is 40.0 Å². The van der Waals surface area contributed by atoms with E-state index in [1.54, 1.807) is 0 Å². The van der Waals surface area contributed by atoms with Gasteiger partial charge in [-0.1, -0.05) is 0 Å². The number of aromatic nitrogens is 3. The molecule has 3 aromatic rings. The second-order valence-electron chi connectivity index (χ2n) is 8.52. The molecule has 0 spiro atoms. The number of ether oxygens (including phenoxy) is 2. The number of nitrogens with zero attached hydrogens (tertiary/aromatic N) is 3. The predicted molar refractivity (Wildman–Crippen MR) is 120 cm³/mol. The molecule has 6 heteroatoms. The number of aryl methyl sites for hydroxylation is 3. The highest BCUT2D eigenvalue weighted by atomic mass is 19.1. The molecule has 0 amide bonds. The van der Waals surface area contributed by atoms with Crippen molar-refractivity contribution < 1.29 is 13.9 Å². The first-order valence-corrected chi connectivity index (χ1v) is 10.9. The lowest BCUT2D eigenvalue weighted by Crippen LogP contribution is -2.21. The zero-order chi connectivity index (χ0) is 22.1. The number of fused-ring (bicyclic) bond motifs is 1. The van der Waals surface area contributed by atoms with E-state index in [1.807, 2.05) is 46.8 Å². The molecule has 1 aliphatic heterocycles. The number of hydrogen-bond donors (Lipinski definition) is 0. The quantitative estimate of drug-likeness (QED) is 0.563. The fourth-order valence-electron chi connectivity index (χ4n) is 4.21. The molecule has 2 aromatic heterocycles. The molecule has 0 N–H and O–H groups in total. The molecule has 0 unspecified atom stereocenters. The van der Waals surface area contributed by atoms with Gasteiger partial charge in [0, 0.05) is 34.6 Å². The van der Waals surface area contributed by atoms with E-state index in [-0.39, 0.29) is 6.10 Å². The average Bonchev–Trinajstić information content (AvgIpc) is 2.92. The van der Waals surface area contributed by atoms with Crippen molar-refractivity contribution in [2.75, 3.05) is 13.3 Å². The first-order valence-electron chi connectivity index (χ1n) is 10.9. The summed E-state index contributed by atoms with van der Waals surface area (Å²) in [5.41, 5.74) is 6.99. The number of alkyl halides is 1. The second kappa shape index (κ2) is 8.79. The largest absolute Gasteiger partial charge is 0.491 e. The number of halogens is 1. The highest BCUT2D eigenvalue weighted by molar-refractivity contribution is 5.70. The van der Waals surface area contributed by atoms with Crippen molar-refractivity contribution in [2.45, 2.75) is 59.8 Å². The Morgan fingerprint density at radius 2 is 1.84 bits per heavy atom. The molecule has 0 saturated heterocycles. The summed E-state index contributed by atoms with van der Waals surface area (Å²) in [4.78, 5) is 9.58. The summed E-state index contributed by atoms with van der Waals surface area (Å²) in [6.45, 7) is 10.5. The maximum atomic E-state index is 13.6. The third-order valence-electron chi connectivity index (χ3n) is 5.47. The lowest BCUT2D eigenvalue weighted by molar-refractivity contribution is 0.0355. The Kier molecular flexibility index (Phi) is 6.10. The lowest BCUT2D eigenvalue weighted by Gasteiger charge is -2.16. The van der Waals surface area contributed by atoms with Gasteiger partial charge in [0.25, 0.3) is 0 Å². The molecule has 31 heavy (non-hydrogen) atoms. The minimum Gasteiger partial charge on any atom is -0.491 e. The zero-order valence-corrected chi connectivity index (χ0v) is 18.9. The van der Waals surface area contributed by atoms with Crippen molar-refractivity contribution >= 4 is 0 Å². The Labute approximate surface area is 183 Å². The SMILES string of the molecule is Cc1cc(-c2nc(-c3ccc(OC(C)C)c(C)c3)n3c2CCO[C@H](CF)C3)cc(C)n1. The topological polar surface area (TPSA) is 49.2 Å². The minimum atomic E-state index is -0.514. The molecule has 1 aromatic carbocycles. The summed E-state index contributed by atoms with van der Waals surface area (Å²) in [5, 5.41) is 0. The van der Waals surface area contributed by atoms with Gasteiger partial charge in [-0.05, 0) is 70.5 Å². The van der Waals surface area contributed by atoms with E-state index in [1.165, 1.54) is 0 Å². The molecule has 3 heterocycles. The third kappa shape index (κ3) is 4.49. The summed E-state index contributed by atoms with van der Waals surface area (Å²) in [5.74, 6) is 1.70. The lowest BCUT2D eigenvalue weighted by atomic mass is 10.1.